The first-order valence-electron chi connectivity index (χ1n) is 6.28. The maximum atomic E-state index is 11.2. The van der Waals surface area contributed by atoms with E-state index in [9.17, 15) is 9.90 Å². The number of carboxylic acids is 1. The van der Waals surface area contributed by atoms with Crippen LogP contribution in [-0.4, -0.2) is 28.6 Å². The fraction of sp³-hybridized carbons (Fsp3) is 0.615. The molecule has 2 unspecified atom stereocenters. The Morgan fingerprint density at radius 3 is 3.18 bits per heavy atom. The SMILES string of the molecule is O=C(O)C1CCCC1N1CCc2sccc2C1. The van der Waals surface area contributed by atoms with Crippen molar-refractivity contribution in [1.82, 2.24) is 4.90 Å². The third-order valence-electron chi connectivity index (χ3n) is 4.10. The molecule has 92 valence electrons. The largest absolute Gasteiger partial charge is 0.481 e. The first-order chi connectivity index (χ1) is 8.25. The minimum absolute atomic E-state index is 0.143. The van der Waals surface area contributed by atoms with Crippen molar-refractivity contribution >= 4 is 17.3 Å². The number of hydrogen-bond donors (Lipinski definition) is 1. The molecule has 2 atom stereocenters. The third-order valence-corrected chi connectivity index (χ3v) is 5.13. The van der Waals surface area contributed by atoms with E-state index in [-0.39, 0.29) is 12.0 Å². The summed E-state index contributed by atoms with van der Waals surface area (Å²) < 4.78 is 0. The normalized spacial score (nSPS) is 29.2. The topological polar surface area (TPSA) is 40.5 Å². The minimum Gasteiger partial charge on any atom is -0.481 e. The summed E-state index contributed by atoms with van der Waals surface area (Å²) in [6.45, 7) is 1.98. The molecule has 3 nitrogen and oxygen atoms in total. The summed E-state index contributed by atoms with van der Waals surface area (Å²) in [6.07, 6.45) is 4.06. The molecule has 1 fully saturated rings. The van der Waals surface area contributed by atoms with Crippen LogP contribution in [0.25, 0.3) is 0 Å². The van der Waals surface area contributed by atoms with Crippen LogP contribution in [0.3, 0.4) is 0 Å². The van der Waals surface area contributed by atoms with E-state index in [1.807, 2.05) is 11.3 Å². The number of carbonyl (C=O) groups is 1. The molecule has 0 spiro atoms. The number of fused-ring (bicyclic) bond motifs is 1. The fourth-order valence-electron chi connectivity index (χ4n) is 3.22. The van der Waals surface area contributed by atoms with Crippen molar-refractivity contribution in [3.05, 3.63) is 21.9 Å². The second kappa shape index (κ2) is 4.42. The van der Waals surface area contributed by atoms with E-state index in [0.29, 0.717) is 0 Å². The Morgan fingerprint density at radius 1 is 1.47 bits per heavy atom. The van der Waals surface area contributed by atoms with Crippen LogP contribution >= 0.6 is 11.3 Å². The minimum atomic E-state index is -0.608. The average molecular weight is 251 g/mol. The number of rotatable bonds is 2. The second-order valence-electron chi connectivity index (χ2n) is 5.03. The van der Waals surface area contributed by atoms with Crippen LogP contribution in [0.15, 0.2) is 11.4 Å². The van der Waals surface area contributed by atoms with Crippen LogP contribution in [-0.2, 0) is 17.8 Å². The molecule has 1 aliphatic heterocycles. The Bertz CT molecular complexity index is 429. The Kier molecular flexibility index (Phi) is 2.92. The van der Waals surface area contributed by atoms with Gasteiger partial charge in [0.25, 0.3) is 0 Å². The van der Waals surface area contributed by atoms with Crippen LogP contribution in [0.1, 0.15) is 29.7 Å². The molecule has 1 saturated carbocycles. The van der Waals surface area contributed by atoms with Crippen molar-refractivity contribution in [3.63, 3.8) is 0 Å². The van der Waals surface area contributed by atoms with Gasteiger partial charge in [0.05, 0.1) is 5.92 Å². The van der Waals surface area contributed by atoms with E-state index in [0.717, 1.165) is 38.8 Å². The molecule has 1 aliphatic carbocycles. The van der Waals surface area contributed by atoms with E-state index in [4.69, 9.17) is 0 Å². The lowest BCUT2D eigenvalue weighted by atomic mass is 9.99. The highest BCUT2D eigenvalue weighted by Crippen LogP contribution is 2.34. The maximum absolute atomic E-state index is 11.2. The van der Waals surface area contributed by atoms with Gasteiger partial charge in [0.1, 0.15) is 0 Å². The Morgan fingerprint density at radius 2 is 2.35 bits per heavy atom. The molecule has 0 aromatic carbocycles. The molecule has 0 radical (unpaired) electrons. The van der Waals surface area contributed by atoms with Gasteiger partial charge in [-0.05, 0) is 36.3 Å². The molecule has 1 aromatic rings. The highest BCUT2D eigenvalue weighted by Gasteiger charge is 2.37. The van der Waals surface area contributed by atoms with Crippen LogP contribution in [0.4, 0.5) is 0 Å². The zero-order valence-corrected chi connectivity index (χ0v) is 10.6. The van der Waals surface area contributed by atoms with Crippen molar-refractivity contribution in [1.29, 1.82) is 0 Å². The maximum Gasteiger partial charge on any atom is 0.308 e. The number of hydrogen-bond acceptors (Lipinski definition) is 3. The lowest BCUT2D eigenvalue weighted by molar-refractivity contribution is -0.143. The van der Waals surface area contributed by atoms with Crippen LogP contribution < -0.4 is 0 Å². The summed E-state index contributed by atoms with van der Waals surface area (Å²) >= 11 is 1.83. The molecule has 4 heteroatoms. The highest BCUT2D eigenvalue weighted by atomic mass is 32.1. The van der Waals surface area contributed by atoms with Gasteiger partial charge in [-0.25, -0.2) is 0 Å². The second-order valence-corrected chi connectivity index (χ2v) is 6.03. The van der Waals surface area contributed by atoms with E-state index in [1.165, 1.54) is 10.4 Å². The van der Waals surface area contributed by atoms with Gasteiger partial charge in [0.2, 0.25) is 0 Å². The van der Waals surface area contributed by atoms with Gasteiger partial charge in [0.15, 0.2) is 0 Å². The van der Waals surface area contributed by atoms with E-state index in [1.54, 1.807) is 0 Å². The van der Waals surface area contributed by atoms with Crippen LogP contribution in [0.5, 0.6) is 0 Å². The molecular weight excluding hydrogens is 234 g/mol. The Labute approximate surface area is 105 Å². The van der Waals surface area contributed by atoms with Crippen molar-refractivity contribution in [2.75, 3.05) is 6.54 Å². The van der Waals surface area contributed by atoms with Crippen LogP contribution in [0.2, 0.25) is 0 Å². The summed E-state index contributed by atoms with van der Waals surface area (Å²) in [4.78, 5) is 15.1. The molecule has 2 aliphatic rings. The van der Waals surface area contributed by atoms with Crippen molar-refractivity contribution < 1.29 is 9.90 Å². The number of thiophene rings is 1. The highest BCUT2D eigenvalue weighted by molar-refractivity contribution is 7.10. The molecule has 0 bridgehead atoms. The predicted octanol–water partition coefficient (Wildman–Crippen LogP) is 2.36. The summed E-state index contributed by atoms with van der Waals surface area (Å²) in [5.74, 6) is -0.751. The van der Waals surface area contributed by atoms with Crippen molar-refractivity contribution in [2.45, 2.75) is 38.3 Å². The van der Waals surface area contributed by atoms with Gasteiger partial charge in [-0.15, -0.1) is 11.3 Å². The standard InChI is InChI=1S/C13H17NO2S/c15-13(16)10-2-1-3-11(10)14-6-4-12-9(8-14)5-7-17-12/h5,7,10-11H,1-4,6,8H2,(H,15,16). The van der Waals surface area contributed by atoms with E-state index in [2.05, 4.69) is 16.3 Å². The van der Waals surface area contributed by atoms with Crippen LogP contribution in [0, 0.1) is 5.92 Å². The van der Waals surface area contributed by atoms with Crippen molar-refractivity contribution in [3.8, 4) is 0 Å². The first-order valence-corrected chi connectivity index (χ1v) is 7.16. The number of aliphatic carboxylic acids is 1. The molecule has 2 heterocycles. The van der Waals surface area contributed by atoms with Gasteiger partial charge in [-0.2, -0.15) is 0 Å². The summed E-state index contributed by atoms with van der Waals surface area (Å²) in [6, 6.07) is 2.46. The molecule has 0 saturated heterocycles. The van der Waals surface area contributed by atoms with E-state index >= 15 is 0 Å². The number of nitrogens with zero attached hydrogens (tertiary/aromatic N) is 1. The Balaban J connectivity index is 1.76. The zero-order valence-electron chi connectivity index (χ0n) is 9.76. The number of carboxylic acid groups (broad SMARTS) is 1. The zero-order chi connectivity index (χ0) is 11.8. The average Bonchev–Trinajstić information content (AvgIpc) is 2.96. The fourth-order valence-corrected chi connectivity index (χ4v) is 4.11. The lowest BCUT2D eigenvalue weighted by Gasteiger charge is -2.34. The monoisotopic (exact) mass is 251 g/mol. The first kappa shape index (κ1) is 11.2. The van der Waals surface area contributed by atoms with Gasteiger partial charge in [-0.1, -0.05) is 6.42 Å². The van der Waals surface area contributed by atoms with Gasteiger partial charge in [-0.3, -0.25) is 9.69 Å². The summed E-state index contributed by atoms with van der Waals surface area (Å²) in [5.41, 5.74) is 1.41. The predicted molar refractivity (Wildman–Crippen MR) is 67.2 cm³/mol. The molecule has 1 aromatic heterocycles. The Hall–Kier alpha value is -0.870. The quantitative estimate of drug-likeness (QED) is 0.877. The summed E-state index contributed by atoms with van der Waals surface area (Å²) in [7, 11) is 0. The molecule has 17 heavy (non-hydrogen) atoms. The molecule has 3 rings (SSSR count). The lowest BCUT2D eigenvalue weighted by Crippen LogP contribution is -2.43. The van der Waals surface area contributed by atoms with Gasteiger partial charge >= 0.3 is 5.97 Å². The smallest absolute Gasteiger partial charge is 0.308 e. The molecule has 1 N–H and O–H groups in total. The molecule has 0 amide bonds. The molecular formula is C13H17NO2S. The van der Waals surface area contributed by atoms with E-state index < -0.39 is 5.97 Å². The summed E-state index contributed by atoms with van der Waals surface area (Å²) in [5, 5.41) is 11.4. The van der Waals surface area contributed by atoms with Crippen molar-refractivity contribution in [2.24, 2.45) is 5.92 Å². The van der Waals surface area contributed by atoms with Gasteiger partial charge in [0, 0.05) is 24.0 Å². The third kappa shape index (κ3) is 2.00. The van der Waals surface area contributed by atoms with Gasteiger partial charge < -0.3 is 5.11 Å².